The van der Waals surface area contributed by atoms with Crippen LogP contribution in [0.4, 0.5) is 5.69 Å². The van der Waals surface area contributed by atoms with E-state index >= 15 is 0 Å². The molecule has 0 unspecified atom stereocenters. The number of rotatable bonds is 4. The largest absolute Gasteiger partial charge is 0.478 e. The van der Waals surface area contributed by atoms with E-state index in [-0.39, 0.29) is 22.7 Å². The van der Waals surface area contributed by atoms with Gasteiger partial charge < -0.3 is 10.8 Å². The van der Waals surface area contributed by atoms with Crippen molar-refractivity contribution in [3.05, 3.63) is 23.8 Å². The van der Waals surface area contributed by atoms with E-state index in [0.29, 0.717) is 0 Å². The highest BCUT2D eigenvalue weighted by atomic mass is 32.2. The lowest BCUT2D eigenvalue weighted by molar-refractivity contribution is 0.0698. The molecule has 0 heterocycles. The summed E-state index contributed by atoms with van der Waals surface area (Å²) in [5.74, 6) is -1.26. The zero-order valence-electron chi connectivity index (χ0n) is 8.60. The Kier molecular flexibility index (Phi) is 3.51. The highest BCUT2D eigenvalue weighted by molar-refractivity contribution is 7.89. The van der Waals surface area contributed by atoms with E-state index in [1.807, 2.05) is 0 Å². The first kappa shape index (κ1) is 12.5. The lowest BCUT2D eigenvalue weighted by atomic mass is 10.2. The molecular weight excluding hydrogens is 232 g/mol. The van der Waals surface area contributed by atoms with Gasteiger partial charge in [0.25, 0.3) is 0 Å². The minimum Gasteiger partial charge on any atom is -0.478 e. The molecule has 88 valence electrons. The molecule has 7 heteroatoms. The van der Waals surface area contributed by atoms with E-state index in [1.165, 1.54) is 12.1 Å². The molecule has 1 aromatic carbocycles. The summed E-state index contributed by atoms with van der Waals surface area (Å²) in [6.07, 6.45) is 0. The van der Waals surface area contributed by atoms with E-state index in [9.17, 15) is 13.2 Å². The molecule has 0 aliphatic rings. The highest BCUT2D eigenvalue weighted by Gasteiger charge is 2.16. The number of carbonyl (C=O) groups is 1. The van der Waals surface area contributed by atoms with Gasteiger partial charge in [0.15, 0.2) is 0 Å². The summed E-state index contributed by atoms with van der Waals surface area (Å²) in [4.78, 5) is 10.7. The number of hydrogen-bond donors (Lipinski definition) is 3. The minimum absolute atomic E-state index is 0.0305. The van der Waals surface area contributed by atoms with Crippen LogP contribution < -0.4 is 10.5 Å². The summed E-state index contributed by atoms with van der Waals surface area (Å²) in [5.41, 5.74) is 5.22. The maximum absolute atomic E-state index is 11.6. The van der Waals surface area contributed by atoms with Gasteiger partial charge in [0.1, 0.15) is 0 Å². The maximum Gasteiger partial charge on any atom is 0.337 e. The molecule has 0 aromatic heterocycles. The van der Waals surface area contributed by atoms with Crippen molar-refractivity contribution >= 4 is 21.7 Å². The van der Waals surface area contributed by atoms with Crippen molar-refractivity contribution in [2.75, 3.05) is 12.3 Å². The van der Waals surface area contributed by atoms with Gasteiger partial charge in [0.2, 0.25) is 10.0 Å². The first-order chi connectivity index (χ1) is 7.38. The summed E-state index contributed by atoms with van der Waals surface area (Å²) >= 11 is 0. The van der Waals surface area contributed by atoms with E-state index in [2.05, 4.69) is 4.72 Å². The molecule has 6 nitrogen and oxygen atoms in total. The van der Waals surface area contributed by atoms with Crippen molar-refractivity contribution in [3.8, 4) is 0 Å². The molecule has 0 saturated carbocycles. The molecule has 0 amide bonds. The van der Waals surface area contributed by atoms with Crippen LogP contribution in [0.1, 0.15) is 17.3 Å². The van der Waals surface area contributed by atoms with Crippen molar-refractivity contribution in [1.82, 2.24) is 4.72 Å². The van der Waals surface area contributed by atoms with Crippen LogP contribution in [0.5, 0.6) is 0 Å². The first-order valence-electron chi connectivity index (χ1n) is 4.51. The van der Waals surface area contributed by atoms with Crippen molar-refractivity contribution < 1.29 is 18.3 Å². The van der Waals surface area contributed by atoms with Crippen LogP contribution >= 0.6 is 0 Å². The van der Waals surface area contributed by atoms with Gasteiger partial charge in [-0.3, -0.25) is 0 Å². The second kappa shape index (κ2) is 4.50. The SMILES string of the molecule is CCNS(=O)(=O)c1ccc(N)c(C(=O)O)c1. The Bertz CT molecular complexity index is 510. The van der Waals surface area contributed by atoms with Crippen molar-refractivity contribution in [3.63, 3.8) is 0 Å². The quantitative estimate of drug-likeness (QED) is 0.658. The van der Waals surface area contributed by atoms with Crippen molar-refractivity contribution in [2.24, 2.45) is 0 Å². The van der Waals surface area contributed by atoms with E-state index < -0.39 is 16.0 Å². The minimum atomic E-state index is -3.65. The van der Waals surface area contributed by atoms with E-state index in [1.54, 1.807) is 6.92 Å². The van der Waals surface area contributed by atoms with Crippen LogP contribution in [-0.2, 0) is 10.0 Å². The number of hydrogen-bond acceptors (Lipinski definition) is 4. The van der Waals surface area contributed by atoms with Gasteiger partial charge in [-0.05, 0) is 18.2 Å². The van der Waals surface area contributed by atoms with Crippen molar-refractivity contribution in [1.29, 1.82) is 0 Å². The smallest absolute Gasteiger partial charge is 0.337 e. The number of aromatic carboxylic acids is 1. The summed E-state index contributed by atoms with van der Waals surface area (Å²) in [6, 6.07) is 3.56. The molecular formula is C9H12N2O4S. The number of carboxylic acid groups (broad SMARTS) is 1. The Balaban J connectivity index is 3.28. The van der Waals surface area contributed by atoms with Crippen LogP contribution in [0.3, 0.4) is 0 Å². The summed E-state index contributed by atoms with van der Waals surface area (Å²) < 4.78 is 25.4. The lowest BCUT2D eigenvalue weighted by Gasteiger charge is -2.06. The fraction of sp³-hybridized carbons (Fsp3) is 0.222. The predicted molar refractivity (Wildman–Crippen MR) is 58.7 cm³/mol. The van der Waals surface area contributed by atoms with E-state index in [0.717, 1.165) is 6.07 Å². The Hall–Kier alpha value is -1.60. The van der Waals surface area contributed by atoms with Crippen LogP contribution in [0.2, 0.25) is 0 Å². The molecule has 0 aliphatic heterocycles. The van der Waals surface area contributed by atoms with Gasteiger partial charge in [-0.25, -0.2) is 17.9 Å². The zero-order valence-corrected chi connectivity index (χ0v) is 9.41. The molecule has 1 rings (SSSR count). The second-order valence-corrected chi connectivity index (χ2v) is 4.82. The van der Waals surface area contributed by atoms with Crippen LogP contribution in [0, 0.1) is 0 Å². The number of benzene rings is 1. The summed E-state index contributed by atoms with van der Waals surface area (Å²) in [6.45, 7) is 1.86. The Morgan fingerprint density at radius 1 is 1.50 bits per heavy atom. The molecule has 16 heavy (non-hydrogen) atoms. The van der Waals surface area contributed by atoms with Gasteiger partial charge in [0, 0.05) is 12.2 Å². The van der Waals surface area contributed by atoms with Crippen LogP contribution in [0.15, 0.2) is 23.1 Å². The third-order valence-electron chi connectivity index (χ3n) is 1.90. The third kappa shape index (κ3) is 2.50. The molecule has 0 spiro atoms. The Morgan fingerprint density at radius 3 is 2.62 bits per heavy atom. The number of sulfonamides is 1. The average Bonchev–Trinajstić information content (AvgIpc) is 2.17. The number of nitrogens with one attached hydrogen (secondary N) is 1. The number of anilines is 1. The molecule has 4 N–H and O–H groups in total. The Morgan fingerprint density at radius 2 is 2.12 bits per heavy atom. The molecule has 1 aromatic rings. The first-order valence-corrected chi connectivity index (χ1v) is 5.99. The third-order valence-corrected chi connectivity index (χ3v) is 3.44. The van der Waals surface area contributed by atoms with Crippen LogP contribution in [0.25, 0.3) is 0 Å². The summed E-state index contributed by atoms with van der Waals surface area (Å²) in [5, 5.41) is 8.79. The second-order valence-electron chi connectivity index (χ2n) is 3.06. The number of carboxylic acids is 1. The van der Waals surface area contributed by atoms with Gasteiger partial charge in [-0.2, -0.15) is 0 Å². The van der Waals surface area contributed by atoms with E-state index in [4.69, 9.17) is 10.8 Å². The summed E-state index contributed by atoms with van der Waals surface area (Å²) in [7, 11) is -3.65. The van der Waals surface area contributed by atoms with Crippen LogP contribution in [-0.4, -0.2) is 26.0 Å². The molecule has 0 saturated heterocycles. The standard InChI is InChI=1S/C9H12N2O4S/c1-2-11-16(14,15)6-3-4-8(10)7(5-6)9(12)13/h3-5,11H,2,10H2,1H3,(H,12,13). The van der Waals surface area contributed by atoms with Gasteiger partial charge in [-0.15, -0.1) is 0 Å². The maximum atomic E-state index is 11.6. The zero-order chi connectivity index (χ0) is 12.3. The normalized spacial score (nSPS) is 11.3. The molecule has 0 bridgehead atoms. The highest BCUT2D eigenvalue weighted by Crippen LogP contribution is 2.17. The molecule has 0 atom stereocenters. The number of nitrogen functional groups attached to an aromatic ring is 1. The van der Waals surface area contributed by atoms with Gasteiger partial charge >= 0.3 is 5.97 Å². The molecule has 0 fully saturated rings. The number of nitrogens with two attached hydrogens (primary N) is 1. The molecule has 0 aliphatic carbocycles. The monoisotopic (exact) mass is 244 g/mol. The lowest BCUT2D eigenvalue weighted by Crippen LogP contribution is -2.23. The predicted octanol–water partition coefficient (Wildman–Crippen LogP) is 0.265. The molecule has 0 radical (unpaired) electrons. The fourth-order valence-corrected chi connectivity index (χ4v) is 2.23. The van der Waals surface area contributed by atoms with Gasteiger partial charge in [0.05, 0.1) is 10.5 Å². The Labute approximate surface area is 93.1 Å². The van der Waals surface area contributed by atoms with Gasteiger partial charge in [-0.1, -0.05) is 6.92 Å². The topological polar surface area (TPSA) is 109 Å². The average molecular weight is 244 g/mol. The van der Waals surface area contributed by atoms with Crippen molar-refractivity contribution in [2.45, 2.75) is 11.8 Å². The fourth-order valence-electron chi connectivity index (χ4n) is 1.16.